The van der Waals surface area contributed by atoms with Gasteiger partial charge in [-0.05, 0) is 69.7 Å². The van der Waals surface area contributed by atoms with Crippen LogP contribution in [0, 0.1) is 0 Å². The summed E-state index contributed by atoms with van der Waals surface area (Å²) in [4.78, 5) is 119. The summed E-state index contributed by atoms with van der Waals surface area (Å²) >= 11 is 0. The number of unbranched alkanes of at least 4 members (excludes halogenated alkanes) is 8. The molecule has 2 atom stereocenters. The lowest BCUT2D eigenvalue weighted by Crippen LogP contribution is -2.53. The minimum atomic E-state index is -1.09. The van der Waals surface area contributed by atoms with Gasteiger partial charge in [0, 0.05) is 116 Å². The molecule has 0 aliphatic carbocycles. The van der Waals surface area contributed by atoms with Crippen LogP contribution < -0.4 is 31.5 Å². The van der Waals surface area contributed by atoms with Gasteiger partial charge >= 0.3 is 29.9 Å². The molecule has 476 valence electrons. The zero-order valence-electron chi connectivity index (χ0n) is 49.7. The number of carboxylic acid groups (broad SMARTS) is 4. The highest BCUT2D eigenvalue weighted by atomic mass is 16.5. The largest absolute Gasteiger partial charge is 0.480 e. The van der Waals surface area contributed by atoms with Crippen LogP contribution >= 0.6 is 0 Å². The smallest absolute Gasteiger partial charge is 0.317 e. The second kappa shape index (κ2) is 42.2. The number of benzene rings is 1. The average molecular weight is 1200 g/mol. The first-order valence-corrected chi connectivity index (χ1v) is 30.0. The Morgan fingerprint density at radius 2 is 1.18 bits per heavy atom. The van der Waals surface area contributed by atoms with Gasteiger partial charge in [0.25, 0.3) is 0 Å². The maximum Gasteiger partial charge on any atom is 0.317 e. The number of piperazine rings is 1. The van der Waals surface area contributed by atoms with Crippen LogP contribution in [0.25, 0.3) is 0 Å². The number of rotatable bonds is 42. The summed E-state index contributed by atoms with van der Waals surface area (Å²) < 4.78 is 11.1. The van der Waals surface area contributed by atoms with Gasteiger partial charge in [-0.25, -0.2) is 4.79 Å². The first kappa shape index (κ1) is 70.8. The molecule has 1 aromatic carbocycles. The Bertz CT molecular complexity index is 2300. The first-order chi connectivity index (χ1) is 41.1. The van der Waals surface area contributed by atoms with Crippen LogP contribution in [0.15, 0.2) is 24.3 Å². The van der Waals surface area contributed by atoms with Crippen molar-refractivity contribution in [2.75, 3.05) is 166 Å². The van der Waals surface area contributed by atoms with Crippen molar-refractivity contribution in [3.8, 4) is 0 Å². The predicted octanol–water partition coefficient (Wildman–Crippen LogP) is 1.93. The highest BCUT2D eigenvalue weighted by Gasteiger charge is 2.28. The molecule has 85 heavy (non-hydrogen) atoms. The van der Waals surface area contributed by atoms with Crippen molar-refractivity contribution in [2.24, 2.45) is 0 Å². The van der Waals surface area contributed by atoms with Crippen LogP contribution in [0.5, 0.6) is 0 Å². The monoisotopic (exact) mass is 1200 g/mol. The Hall–Kier alpha value is -6.69. The molecule has 0 bridgehead atoms. The summed E-state index contributed by atoms with van der Waals surface area (Å²) in [5.74, 6) is -3.08. The Balaban J connectivity index is 1.30. The zero-order valence-corrected chi connectivity index (χ0v) is 49.7. The first-order valence-electron chi connectivity index (χ1n) is 30.0. The molecule has 28 heteroatoms. The number of carbonyl (C=O) groups is 8. The molecule has 4 rings (SSSR count). The third kappa shape index (κ3) is 32.4. The van der Waals surface area contributed by atoms with Crippen molar-refractivity contribution in [1.29, 1.82) is 0 Å². The molecule has 2 aromatic rings. The van der Waals surface area contributed by atoms with E-state index in [1.807, 2.05) is 31.2 Å². The number of nitrogens with zero attached hydrogens (tertiary/aromatic N) is 9. The van der Waals surface area contributed by atoms with Crippen LogP contribution in [0.4, 0.5) is 28.3 Å². The fourth-order valence-corrected chi connectivity index (χ4v) is 10.0. The number of hydrogen-bond acceptors (Lipinski definition) is 21. The number of aliphatic carboxylic acids is 4. The van der Waals surface area contributed by atoms with E-state index in [1.54, 1.807) is 19.6 Å². The van der Waals surface area contributed by atoms with Gasteiger partial charge in [0.1, 0.15) is 12.6 Å². The van der Waals surface area contributed by atoms with Gasteiger partial charge in [0.15, 0.2) is 0 Å². The average Bonchev–Trinajstić information content (AvgIpc) is 3.49. The topological polar surface area (TPSA) is 354 Å². The van der Waals surface area contributed by atoms with Crippen LogP contribution in [-0.2, 0) is 49.5 Å². The van der Waals surface area contributed by atoms with Gasteiger partial charge in [-0.15, -0.1) is 0 Å². The number of carboxylic acids is 4. The standard InChI is InChI=1S/C57H94N14O14/c1-45(61-57(83)60-20-34-73)13-9-10-19-58-49(74)14-8-6-4-2-3-5-7-11-22-66-27-30-70(31-28-66)56-64-54(59-21-36-85-38-37-84-35-12-33-72)63-55(65-56)62-47-17-15-46(16-18-47)39-48-40-69(43-52(79)80)26-25-67(41-50(75)76)23-24-68(42-51(77)78)29-32-71(48)44-53(81)82/h15-18,33-34,45,48H,2-14,19-32,35-44H2,1H3,(H,58,74)(H,75,76)(H,77,78)(H,79,80)(H,81,82)(H2,60,61,83)(H2,59,62,63,64,65)/t45-,48?/m1/s1. The summed E-state index contributed by atoms with van der Waals surface area (Å²) in [5, 5.41) is 54.0. The molecule has 0 spiro atoms. The van der Waals surface area contributed by atoms with E-state index >= 15 is 0 Å². The van der Waals surface area contributed by atoms with E-state index in [4.69, 9.17) is 24.4 Å². The maximum atomic E-state index is 12.3. The van der Waals surface area contributed by atoms with Gasteiger partial charge in [-0.3, -0.25) is 48.5 Å². The molecular formula is C57H94N14O14. The number of anilines is 4. The molecule has 9 N–H and O–H groups in total. The predicted molar refractivity (Wildman–Crippen MR) is 318 cm³/mol. The van der Waals surface area contributed by atoms with Gasteiger partial charge in [-0.2, -0.15) is 15.0 Å². The summed E-state index contributed by atoms with van der Waals surface area (Å²) in [7, 11) is 0. The van der Waals surface area contributed by atoms with Crippen LogP contribution in [0.3, 0.4) is 0 Å². The van der Waals surface area contributed by atoms with E-state index < -0.39 is 29.9 Å². The zero-order chi connectivity index (χ0) is 61.4. The van der Waals surface area contributed by atoms with Crippen LogP contribution in [0.2, 0.25) is 0 Å². The molecule has 2 fully saturated rings. The quantitative estimate of drug-likeness (QED) is 0.0339. The molecule has 1 aromatic heterocycles. The van der Waals surface area contributed by atoms with Crippen LogP contribution in [-0.4, -0.2) is 271 Å². The Kier molecular flexibility index (Phi) is 35.1. The molecule has 28 nitrogen and oxygen atoms in total. The van der Waals surface area contributed by atoms with E-state index in [-0.39, 0.29) is 96.5 Å². The minimum absolute atomic E-state index is 0.0139. The van der Waals surface area contributed by atoms with Crippen molar-refractivity contribution in [1.82, 2.24) is 55.4 Å². The van der Waals surface area contributed by atoms with Gasteiger partial charge in [0.2, 0.25) is 23.8 Å². The molecule has 3 heterocycles. The summed E-state index contributed by atoms with van der Waals surface area (Å²) in [6.45, 7) is 8.40. The molecule has 2 aliphatic heterocycles. The lowest BCUT2D eigenvalue weighted by atomic mass is 10.0. The molecule has 1 unspecified atom stereocenters. The highest BCUT2D eigenvalue weighted by molar-refractivity contribution is 5.77. The Morgan fingerprint density at radius 1 is 0.600 bits per heavy atom. The summed E-state index contributed by atoms with van der Waals surface area (Å²) in [5.41, 5.74) is 1.48. The number of aromatic nitrogens is 3. The van der Waals surface area contributed by atoms with Crippen molar-refractivity contribution in [3.05, 3.63) is 29.8 Å². The van der Waals surface area contributed by atoms with E-state index in [0.717, 1.165) is 89.3 Å². The van der Waals surface area contributed by atoms with E-state index in [0.29, 0.717) is 102 Å². The van der Waals surface area contributed by atoms with Crippen molar-refractivity contribution >= 4 is 71.9 Å². The van der Waals surface area contributed by atoms with E-state index in [9.17, 15) is 58.8 Å². The molecule has 0 radical (unpaired) electrons. The molecule has 3 amide bonds. The number of carbonyl (C=O) groups excluding carboxylic acids is 4. The fourth-order valence-electron chi connectivity index (χ4n) is 10.0. The number of urea groups is 1. The van der Waals surface area contributed by atoms with Crippen molar-refractivity contribution in [3.63, 3.8) is 0 Å². The minimum Gasteiger partial charge on any atom is -0.480 e. The van der Waals surface area contributed by atoms with E-state index in [1.165, 1.54) is 12.8 Å². The summed E-state index contributed by atoms with van der Waals surface area (Å²) in [6.07, 6.45) is 13.9. The van der Waals surface area contributed by atoms with Crippen molar-refractivity contribution < 1.29 is 68.3 Å². The Labute approximate surface area is 499 Å². The van der Waals surface area contributed by atoms with Crippen LogP contribution in [0.1, 0.15) is 96.0 Å². The molecule has 2 aliphatic rings. The van der Waals surface area contributed by atoms with Gasteiger partial charge < -0.3 is 71.0 Å². The van der Waals surface area contributed by atoms with Crippen molar-refractivity contribution in [2.45, 2.75) is 109 Å². The Morgan fingerprint density at radius 3 is 1.81 bits per heavy atom. The normalized spacial score (nSPS) is 16.5. The second-order valence-electron chi connectivity index (χ2n) is 21.6. The summed E-state index contributed by atoms with van der Waals surface area (Å²) in [6, 6.07) is 6.57. The maximum absolute atomic E-state index is 12.3. The lowest BCUT2D eigenvalue weighted by molar-refractivity contribution is -0.142. The highest BCUT2D eigenvalue weighted by Crippen LogP contribution is 2.22. The van der Waals surface area contributed by atoms with Gasteiger partial charge in [-0.1, -0.05) is 50.7 Å². The number of ether oxygens (including phenoxy) is 2. The molecule has 2 saturated heterocycles. The third-order valence-corrected chi connectivity index (χ3v) is 14.5. The number of amides is 3. The lowest BCUT2D eigenvalue weighted by Gasteiger charge is -2.37. The number of aldehydes is 2. The van der Waals surface area contributed by atoms with Gasteiger partial charge in [0.05, 0.1) is 59.2 Å². The molecule has 0 saturated carbocycles. The number of hydrogen-bond donors (Lipinski definition) is 9. The fraction of sp³-hybridized carbons (Fsp3) is 0.702. The molecular weight excluding hydrogens is 1100 g/mol. The third-order valence-electron chi connectivity index (χ3n) is 14.5. The second-order valence-corrected chi connectivity index (χ2v) is 21.6. The SMILES string of the molecule is C[C@H](CCCCNC(=O)CCCCCCCCCCN1CCN(c2nc(NCCOCCOCCC=O)nc(Nc3ccc(CC4CN(CC(=O)O)CCN(CC(=O)O)CCN(CC(=O)O)CCN4CC(=O)O)cc3)n2)CC1)NC(=O)NCC=O. The number of nitrogens with one attached hydrogen (secondary N) is 5. The van der Waals surface area contributed by atoms with E-state index in [2.05, 4.69) is 36.4 Å².